The number of nitrogens with one attached hydrogen (secondary N) is 2. The second kappa shape index (κ2) is 9.83. The third-order valence-electron chi connectivity index (χ3n) is 6.54. The average molecular weight is 489 g/mol. The fraction of sp³-hybridized carbons (Fsp3) is 0.250. The van der Waals surface area contributed by atoms with Crippen LogP contribution in [0.1, 0.15) is 28.4 Å². The standard InChI is InChI=1S/C28H28N2O6/c1-33-23-11-17(12-24(34-2)27(23)35-3)25-26-20(14-22(30-25)28(31)32)19-13-18(9-10-21(19)29-26)36-15-16-7-5-4-6-8-16/h4-13,22,25,29-30H,14-15H2,1-3H3,(H,31,32)/t22-,25-/m1/s1. The summed E-state index contributed by atoms with van der Waals surface area (Å²) < 4.78 is 22.6. The molecule has 0 fully saturated rings. The number of carbonyl (C=O) groups is 1. The maximum atomic E-state index is 12.1. The maximum absolute atomic E-state index is 12.1. The van der Waals surface area contributed by atoms with E-state index in [4.69, 9.17) is 18.9 Å². The Balaban J connectivity index is 1.57. The van der Waals surface area contributed by atoms with Crippen molar-refractivity contribution in [2.45, 2.75) is 25.1 Å². The van der Waals surface area contributed by atoms with Crippen LogP contribution in [-0.2, 0) is 17.8 Å². The molecule has 0 spiro atoms. The highest BCUT2D eigenvalue weighted by molar-refractivity contribution is 5.88. The van der Waals surface area contributed by atoms with E-state index in [1.165, 1.54) is 0 Å². The molecule has 1 aliphatic heterocycles. The average Bonchev–Trinajstić information content (AvgIpc) is 3.28. The van der Waals surface area contributed by atoms with Gasteiger partial charge in [0.05, 0.1) is 27.4 Å². The van der Waals surface area contributed by atoms with E-state index in [0.717, 1.165) is 39.0 Å². The number of carboxylic acids is 1. The number of hydrogen-bond acceptors (Lipinski definition) is 6. The van der Waals surface area contributed by atoms with Gasteiger partial charge in [0.2, 0.25) is 5.75 Å². The van der Waals surface area contributed by atoms with Crippen molar-refractivity contribution in [3.8, 4) is 23.0 Å². The number of aliphatic carboxylic acids is 1. The highest BCUT2D eigenvalue weighted by Crippen LogP contribution is 2.43. The molecule has 0 aliphatic carbocycles. The molecule has 3 aromatic carbocycles. The van der Waals surface area contributed by atoms with Crippen molar-refractivity contribution in [1.82, 2.24) is 10.3 Å². The summed E-state index contributed by atoms with van der Waals surface area (Å²) in [5.41, 5.74) is 4.63. The third kappa shape index (κ3) is 4.31. The zero-order valence-electron chi connectivity index (χ0n) is 20.3. The number of hydrogen-bond donors (Lipinski definition) is 3. The summed E-state index contributed by atoms with van der Waals surface area (Å²) in [4.78, 5) is 15.6. The molecule has 5 rings (SSSR count). The minimum atomic E-state index is -0.913. The van der Waals surface area contributed by atoms with Crippen LogP contribution in [0.2, 0.25) is 0 Å². The smallest absolute Gasteiger partial charge is 0.321 e. The van der Waals surface area contributed by atoms with Crippen molar-refractivity contribution in [2.75, 3.05) is 21.3 Å². The van der Waals surface area contributed by atoms with Crippen molar-refractivity contribution in [3.63, 3.8) is 0 Å². The Morgan fingerprint density at radius 2 is 1.69 bits per heavy atom. The Morgan fingerprint density at radius 3 is 2.33 bits per heavy atom. The fourth-order valence-electron chi connectivity index (χ4n) is 4.78. The van der Waals surface area contributed by atoms with E-state index in [2.05, 4.69) is 10.3 Å². The van der Waals surface area contributed by atoms with Crippen molar-refractivity contribution in [1.29, 1.82) is 0 Å². The zero-order valence-corrected chi connectivity index (χ0v) is 20.3. The van der Waals surface area contributed by atoms with Gasteiger partial charge < -0.3 is 29.0 Å². The summed E-state index contributed by atoms with van der Waals surface area (Å²) in [6.45, 7) is 0.451. The predicted octanol–water partition coefficient (Wildman–Crippen LogP) is 4.46. The summed E-state index contributed by atoms with van der Waals surface area (Å²) in [5, 5.41) is 14.1. The molecule has 186 valence electrons. The lowest BCUT2D eigenvalue weighted by atomic mass is 9.90. The van der Waals surface area contributed by atoms with E-state index >= 15 is 0 Å². The lowest BCUT2D eigenvalue weighted by Crippen LogP contribution is -2.44. The van der Waals surface area contributed by atoms with Gasteiger partial charge >= 0.3 is 5.97 Å². The summed E-state index contributed by atoms with van der Waals surface area (Å²) in [5.74, 6) is 1.29. The molecule has 0 amide bonds. The molecule has 8 nitrogen and oxygen atoms in total. The molecule has 0 unspecified atom stereocenters. The Kier molecular flexibility index (Phi) is 6.43. The van der Waals surface area contributed by atoms with Crippen LogP contribution in [0.3, 0.4) is 0 Å². The SMILES string of the molecule is COc1cc([C@H]2N[C@@H](C(=O)O)Cc3c2[nH]c2ccc(OCc4ccccc4)cc32)cc(OC)c1OC. The number of rotatable bonds is 8. The summed E-state index contributed by atoms with van der Waals surface area (Å²) in [7, 11) is 4.66. The van der Waals surface area contributed by atoms with Gasteiger partial charge in [-0.05, 0) is 47.0 Å². The van der Waals surface area contributed by atoms with Gasteiger partial charge in [-0.3, -0.25) is 10.1 Å². The number of ether oxygens (including phenoxy) is 4. The molecule has 2 heterocycles. The molecule has 1 aromatic heterocycles. The second-order valence-electron chi connectivity index (χ2n) is 8.65. The van der Waals surface area contributed by atoms with Crippen molar-refractivity contribution < 1.29 is 28.8 Å². The Morgan fingerprint density at radius 1 is 0.972 bits per heavy atom. The summed E-state index contributed by atoms with van der Waals surface area (Å²) >= 11 is 0. The second-order valence-corrected chi connectivity index (χ2v) is 8.65. The largest absolute Gasteiger partial charge is 0.493 e. The van der Waals surface area contributed by atoms with Gasteiger partial charge in [0.25, 0.3) is 0 Å². The van der Waals surface area contributed by atoms with Crippen LogP contribution in [0.15, 0.2) is 60.7 Å². The van der Waals surface area contributed by atoms with Gasteiger partial charge in [-0.25, -0.2) is 0 Å². The first-order valence-electron chi connectivity index (χ1n) is 11.6. The molecule has 4 aromatic rings. The lowest BCUT2D eigenvalue weighted by Gasteiger charge is -2.30. The van der Waals surface area contributed by atoms with Gasteiger partial charge in [0.1, 0.15) is 18.4 Å². The van der Waals surface area contributed by atoms with Crippen molar-refractivity contribution in [2.24, 2.45) is 0 Å². The molecule has 0 radical (unpaired) electrons. The van der Waals surface area contributed by atoms with E-state index in [9.17, 15) is 9.90 Å². The van der Waals surface area contributed by atoms with E-state index in [1.807, 2.05) is 60.7 Å². The van der Waals surface area contributed by atoms with E-state index in [1.54, 1.807) is 21.3 Å². The van der Waals surface area contributed by atoms with Crippen LogP contribution in [0.4, 0.5) is 0 Å². The van der Waals surface area contributed by atoms with Crippen LogP contribution in [-0.4, -0.2) is 43.4 Å². The van der Waals surface area contributed by atoms with Crippen LogP contribution in [0.5, 0.6) is 23.0 Å². The van der Waals surface area contributed by atoms with Gasteiger partial charge in [-0.2, -0.15) is 0 Å². The molecule has 0 saturated carbocycles. The third-order valence-corrected chi connectivity index (χ3v) is 6.54. The summed E-state index contributed by atoms with van der Waals surface area (Å²) in [6.07, 6.45) is 0.341. The Hall–Kier alpha value is -4.17. The molecule has 1 aliphatic rings. The van der Waals surface area contributed by atoms with Gasteiger partial charge in [-0.1, -0.05) is 30.3 Å². The van der Waals surface area contributed by atoms with Crippen LogP contribution in [0.25, 0.3) is 10.9 Å². The molecule has 0 bridgehead atoms. The highest BCUT2D eigenvalue weighted by Gasteiger charge is 2.35. The number of methoxy groups -OCH3 is 3. The quantitative estimate of drug-likeness (QED) is 0.337. The van der Waals surface area contributed by atoms with E-state index in [0.29, 0.717) is 30.3 Å². The van der Waals surface area contributed by atoms with E-state index < -0.39 is 18.1 Å². The molecule has 3 N–H and O–H groups in total. The number of aromatic amines is 1. The minimum Gasteiger partial charge on any atom is -0.493 e. The number of H-pyrrole nitrogens is 1. The minimum absolute atomic E-state index is 0.341. The van der Waals surface area contributed by atoms with Crippen LogP contribution < -0.4 is 24.3 Å². The molecule has 36 heavy (non-hydrogen) atoms. The van der Waals surface area contributed by atoms with Gasteiger partial charge in [-0.15, -0.1) is 0 Å². The fourth-order valence-corrected chi connectivity index (χ4v) is 4.78. The summed E-state index contributed by atoms with van der Waals surface area (Å²) in [6, 6.07) is 18.3. The number of benzene rings is 3. The van der Waals surface area contributed by atoms with Gasteiger partial charge in [0, 0.05) is 23.0 Å². The normalized spacial score (nSPS) is 16.9. The number of fused-ring (bicyclic) bond motifs is 3. The molecular formula is C28H28N2O6. The molecular weight excluding hydrogens is 460 g/mol. The molecule has 8 heteroatoms. The van der Waals surface area contributed by atoms with Crippen molar-refractivity contribution in [3.05, 3.63) is 83.0 Å². The monoisotopic (exact) mass is 488 g/mol. The number of carboxylic acid groups (broad SMARTS) is 1. The Bertz CT molecular complexity index is 1370. The first-order valence-corrected chi connectivity index (χ1v) is 11.6. The predicted molar refractivity (Wildman–Crippen MR) is 135 cm³/mol. The first kappa shape index (κ1) is 23.6. The molecule has 0 saturated heterocycles. The first-order chi connectivity index (χ1) is 17.5. The topological polar surface area (TPSA) is 102 Å². The van der Waals surface area contributed by atoms with Gasteiger partial charge in [0.15, 0.2) is 11.5 Å². The van der Waals surface area contributed by atoms with E-state index in [-0.39, 0.29) is 0 Å². The zero-order chi connectivity index (χ0) is 25.2. The van der Waals surface area contributed by atoms with Crippen molar-refractivity contribution >= 4 is 16.9 Å². The maximum Gasteiger partial charge on any atom is 0.321 e. The Labute approximate surface area is 208 Å². The molecule has 2 atom stereocenters. The highest BCUT2D eigenvalue weighted by atomic mass is 16.5. The van der Waals surface area contributed by atoms with Crippen LogP contribution >= 0.6 is 0 Å². The number of aromatic nitrogens is 1. The van der Waals surface area contributed by atoms with Crippen LogP contribution in [0, 0.1) is 0 Å². The lowest BCUT2D eigenvalue weighted by molar-refractivity contribution is -0.139.